The second-order valence-electron chi connectivity index (χ2n) is 3.38. The van der Waals surface area contributed by atoms with Gasteiger partial charge in [0.15, 0.2) is 0 Å². The average molecular weight is 263 g/mol. The first-order chi connectivity index (χ1) is 7.70. The van der Waals surface area contributed by atoms with E-state index in [2.05, 4.69) is 5.32 Å². The molecule has 0 aromatic heterocycles. The van der Waals surface area contributed by atoms with Crippen LogP contribution in [0.15, 0.2) is 18.2 Å². The summed E-state index contributed by atoms with van der Waals surface area (Å²) in [5, 5.41) is 4.37. The SMILES string of the molecule is COCCNC(CN)c1cccc(Cl)c1Cl. The Labute approximate surface area is 106 Å². The van der Waals surface area contributed by atoms with Crippen LogP contribution in [0.4, 0.5) is 0 Å². The van der Waals surface area contributed by atoms with Gasteiger partial charge in [0.05, 0.1) is 16.7 Å². The maximum Gasteiger partial charge on any atom is 0.0640 e. The van der Waals surface area contributed by atoms with Crippen LogP contribution in [0.3, 0.4) is 0 Å². The quantitative estimate of drug-likeness (QED) is 0.774. The van der Waals surface area contributed by atoms with E-state index in [4.69, 9.17) is 33.7 Å². The third-order valence-corrected chi connectivity index (χ3v) is 3.12. The average Bonchev–Trinajstić information content (AvgIpc) is 2.29. The summed E-state index contributed by atoms with van der Waals surface area (Å²) in [7, 11) is 1.66. The standard InChI is InChI=1S/C11H16Cl2N2O/c1-16-6-5-15-10(7-14)8-3-2-4-9(12)11(8)13/h2-4,10,15H,5-7,14H2,1H3. The van der Waals surface area contributed by atoms with Gasteiger partial charge in [-0.25, -0.2) is 0 Å². The topological polar surface area (TPSA) is 47.3 Å². The van der Waals surface area contributed by atoms with Gasteiger partial charge < -0.3 is 15.8 Å². The van der Waals surface area contributed by atoms with Gasteiger partial charge in [0, 0.05) is 26.2 Å². The lowest BCUT2D eigenvalue weighted by Crippen LogP contribution is -2.30. The highest BCUT2D eigenvalue weighted by atomic mass is 35.5. The van der Waals surface area contributed by atoms with Gasteiger partial charge in [-0.05, 0) is 11.6 Å². The lowest BCUT2D eigenvalue weighted by atomic mass is 10.1. The van der Waals surface area contributed by atoms with Crippen LogP contribution in [0, 0.1) is 0 Å². The predicted octanol–water partition coefficient (Wildman–Crippen LogP) is 2.23. The lowest BCUT2D eigenvalue weighted by molar-refractivity contribution is 0.196. The summed E-state index contributed by atoms with van der Waals surface area (Å²) in [6, 6.07) is 5.55. The molecule has 0 saturated carbocycles. The summed E-state index contributed by atoms with van der Waals surface area (Å²) in [4.78, 5) is 0. The summed E-state index contributed by atoms with van der Waals surface area (Å²) in [6.07, 6.45) is 0. The minimum absolute atomic E-state index is 0.00125. The van der Waals surface area contributed by atoms with E-state index in [0.717, 1.165) is 12.1 Å². The molecule has 0 heterocycles. The van der Waals surface area contributed by atoms with Crippen molar-refractivity contribution < 1.29 is 4.74 Å². The van der Waals surface area contributed by atoms with Crippen LogP contribution in [-0.4, -0.2) is 26.8 Å². The lowest BCUT2D eigenvalue weighted by Gasteiger charge is -2.18. The largest absolute Gasteiger partial charge is 0.383 e. The van der Waals surface area contributed by atoms with E-state index in [1.54, 1.807) is 13.2 Å². The van der Waals surface area contributed by atoms with E-state index < -0.39 is 0 Å². The second kappa shape index (κ2) is 7.09. The van der Waals surface area contributed by atoms with Crippen molar-refractivity contribution in [1.29, 1.82) is 0 Å². The Balaban J connectivity index is 2.74. The number of benzene rings is 1. The summed E-state index contributed by atoms with van der Waals surface area (Å²) in [5.41, 5.74) is 6.62. The van der Waals surface area contributed by atoms with Crippen molar-refractivity contribution in [2.24, 2.45) is 5.73 Å². The van der Waals surface area contributed by atoms with E-state index >= 15 is 0 Å². The van der Waals surface area contributed by atoms with Crippen molar-refractivity contribution in [1.82, 2.24) is 5.32 Å². The number of nitrogens with two attached hydrogens (primary N) is 1. The fourth-order valence-electron chi connectivity index (χ4n) is 1.45. The molecular weight excluding hydrogens is 247 g/mol. The van der Waals surface area contributed by atoms with E-state index in [1.807, 2.05) is 12.1 Å². The summed E-state index contributed by atoms with van der Waals surface area (Å²) < 4.78 is 4.96. The van der Waals surface area contributed by atoms with Crippen LogP contribution < -0.4 is 11.1 Å². The van der Waals surface area contributed by atoms with Crippen molar-refractivity contribution in [2.45, 2.75) is 6.04 Å². The predicted molar refractivity (Wildman–Crippen MR) is 68.1 cm³/mol. The Morgan fingerprint density at radius 1 is 1.44 bits per heavy atom. The van der Waals surface area contributed by atoms with Crippen LogP contribution in [-0.2, 0) is 4.74 Å². The van der Waals surface area contributed by atoms with Crippen molar-refractivity contribution in [3.05, 3.63) is 33.8 Å². The van der Waals surface area contributed by atoms with E-state index in [0.29, 0.717) is 23.2 Å². The summed E-state index contributed by atoms with van der Waals surface area (Å²) >= 11 is 12.1. The number of ether oxygens (including phenoxy) is 1. The molecule has 1 rings (SSSR count). The van der Waals surface area contributed by atoms with E-state index in [-0.39, 0.29) is 6.04 Å². The third-order valence-electron chi connectivity index (χ3n) is 2.29. The number of hydrogen-bond acceptors (Lipinski definition) is 3. The Hall–Kier alpha value is -0.320. The molecule has 0 bridgehead atoms. The van der Waals surface area contributed by atoms with Gasteiger partial charge >= 0.3 is 0 Å². The van der Waals surface area contributed by atoms with Gasteiger partial charge in [-0.15, -0.1) is 0 Å². The molecule has 1 aromatic carbocycles. The molecule has 90 valence electrons. The minimum atomic E-state index is 0.00125. The van der Waals surface area contributed by atoms with Crippen LogP contribution in [0.25, 0.3) is 0 Å². The highest BCUT2D eigenvalue weighted by Gasteiger charge is 2.13. The van der Waals surface area contributed by atoms with Crippen LogP contribution >= 0.6 is 23.2 Å². The van der Waals surface area contributed by atoms with Gasteiger partial charge in [-0.1, -0.05) is 35.3 Å². The zero-order valence-electron chi connectivity index (χ0n) is 9.17. The molecule has 0 aliphatic heterocycles. The fourth-order valence-corrected chi connectivity index (χ4v) is 1.88. The monoisotopic (exact) mass is 262 g/mol. The Kier molecular flexibility index (Phi) is 6.09. The third kappa shape index (κ3) is 3.61. The fraction of sp³-hybridized carbons (Fsp3) is 0.455. The molecule has 0 fully saturated rings. The highest BCUT2D eigenvalue weighted by molar-refractivity contribution is 6.42. The maximum absolute atomic E-state index is 6.12. The van der Waals surface area contributed by atoms with Crippen molar-refractivity contribution in [3.63, 3.8) is 0 Å². The van der Waals surface area contributed by atoms with Crippen LogP contribution in [0.2, 0.25) is 10.0 Å². The van der Waals surface area contributed by atoms with Gasteiger partial charge in [0.2, 0.25) is 0 Å². The summed E-state index contributed by atoms with van der Waals surface area (Å²) in [6.45, 7) is 1.82. The van der Waals surface area contributed by atoms with Gasteiger partial charge in [-0.3, -0.25) is 0 Å². The molecular formula is C11H16Cl2N2O. The van der Waals surface area contributed by atoms with Gasteiger partial charge in [-0.2, -0.15) is 0 Å². The molecule has 1 atom stereocenters. The molecule has 5 heteroatoms. The Morgan fingerprint density at radius 2 is 2.19 bits per heavy atom. The minimum Gasteiger partial charge on any atom is -0.383 e. The summed E-state index contributed by atoms with van der Waals surface area (Å²) in [5.74, 6) is 0. The molecule has 16 heavy (non-hydrogen) atoms. The first-order valence-corrected chi connectivity index (χ1v) is 5.82. The zero-order chi connectivity index (χ0) is 12.0. The van der Waals surface area contributed by atoms with E-state index in [1.165, 1.54) is 0 Å². The molecule has 0 amide bonds. The number of rotatable bonds is 6. The number of hydrogen-bond donors (Lipinski definition) is 2. The molecule has 3 N–H and O–H groups in total. The molecule has 3 nitrogen and oxygen atoms in total. The molecule has 0 saturated heterocycles. The van der Waals surface area contributed by atoms with Crippen molar-refractivity contribution in [2.75, 3.05) is 26.8 Å². The molecule has 0 spiro atoms. The van der Waals surface area contributed by atoms with Crippen LogP contribution in [0.5, 0.6) is 0 Å². The van der Waals surface area contributed by atoms with Gasteiger partial charge in [0.1, 0.15) is 0 Å². The molecule has 0 radical (unpaired) electrons. The maximum atomic E-state index is 6.12. The zero-order valence-corrected chi connectivity index (χ0v) is 10.7. The molecule has 0 aliphatic carbocycles. The Morgan fingerprint density at radius 3 is 2.81 bits per heavy atom. The number of nitrogens with one attached hydrogen (secondary N) is 1. The second-order valence-corrected chi connectivity index (χ2v) is 4.16. The van der Waals surface area contributed by atoms with E-state index in [9.17, 15) is 0 Å². The van der Waals surface area contributed by atoms with Crippen LogP contribution in [0.1, 0.15) is 11.6 Å². The first-order valence-electron chi connectivity index (χ1n) is 5.07. The Bertz CT molecular complexity index is 334. The first kappa shape index (κ1) is 13.7. The number of methoxy groups -OCH3 is 1. The smallest absolute Gasteiger partial charge is 0.0640 e. The van der Waals surface area contributed by atoms with Gasteiger partial charge in [0.25, 0.3) is 0 Å². The normalized spacial score (nSPS) is 12.8. The van der Waals surface area contributed by atoms with Crippen molar-refractivity contribution >= 4 is 23.2 Å². The number of halogens is 2. The molecule has 1 unspecified atom stereocenters. The van der Waals surface area contributed by atoms with Crippen molar-refractivity contribution in [3.8, 4) is 0 Å². The highest BCUT2D eigenvalue weighted by Crippen LogP contribution is 2.29. The molecule has 1 aromatic rings. The molecule has 0 aliphatic rings.